The molecule has 2 rings (SSSR count). The molecule has 1 aromatic heterocycles. The maximum atomic E-state index is 10.7. The van der Waals surface area contributed by atoms with Gasteiger partial charge in [0.25, 0.3) is 0 Å². The van der Waals surface area contributed by atoms with Crippen LogP contribution in [-0.2, 0) is 4.74 Å². The lowest BCUT2D eigenvalue weighted by Gasteiger charge is -2.29. The topological polar surface area (TPSA) is 87.6 Å². The molecule has 1 aliphatic rings. The molecule has 0 radical (unpaired) electrons. The molecule has 7 nitrogen and oxygen atoms in total. The Kier molecular flexibility index (Phi) is 4.64. The van der Waals surface area contributed by atoms with Gasteiger partial charge in [-0.25, -0.2) is 4.79 Å². The third-order valence-electron chi connectivity index (χ3n) is 2.91. The van der Waals surface area contributed by atoms with Gasteiger partial charge < -0.3 is 15.2 Å². The van der Waals surface area contributed by atoms with E-state index in [1.807, 2.05) is 0 Å². The smallest absolute Gasteiger partial charge is 0.356 e. The first-order chi connectivity index (χ1) is 9.15. The van der Waals surface area contributed by atoms with Crippen molar-refractivity contribution in [2.45, 2.75) is 13.0 Å². The summed E-state index contributed by atoms with van der Waals surface area (Å²) in [4.78, 5) is 13.0. The first kappa shape index (κ1) is 13.7. The average Bonchev–Trinajstić information content (AvgIpc) is 2.40. The second-order valence-electron chi connectivity index (χ2n) is 4.57. The van der Waals surface area contributed by atoms with Crippen molar-refractivity contribution in [3.05, 3.63) is 17.8 Å². The second kappa shape index (κ2) is 6.44. The normalized spacial score (nSPS) is 17.9. The number of nitrogens with one attached hydrogen (secondary N) is 1. The summed E-state index contributed by atoms with van der Waals surface area (Å²) in [5.41, 5.74) is -0.0496. The number of hydrogen-bond acceptors (Lipinski definition) is 6. The molecule has 1 aromatic rings. The monoisotopic (exact) mass is 266 g/mol. The van der Waals surface area contributed by atoms with E-state index in [0.29, 0.717) is 5.82 Å². The van der Waals surface area contributed by atoms with E-state index >= 15 is 0 Å². The average molecular weight is 266 g/mol. The fraction of sp³-hybridized carbons (Fsp3) is 0.583. The number of carboxylic acid groups (broad SMARTS) is 1. The quantitative estimate of drug-likeness (QED) is 0.792. The molecule has 1 aliphatic heterocycles. The summed E-state index contributed by atoms with van der Waals surface area (Å²) in [5, 5.41) is 19.4. The Hall–Kier alpha value is -1.73. The molecule has 1 atom stereocenters. The van der Waals surface area contributed by atoms with Gasteiger partial charge in [-0.1, -0.05) is 0 Å². The molecule has 0 bridgehead atoms. The van der Waals surface area contributed by atoms with Gasteiger partial charge in [-0.15, -0.1) is 10.2 Å². The summed E-state index contributed by atoms with van der Waals surface area (Å²) in [5.74, 6) is -0.480. The SMILES string of the molecule is CC(CN1CCOCC1)Nc1ccc(C(=O)O)nn1. The van der Waals surface area contributed by atoms with E-state index in [1.54, 1.807) is 6.07 Å². The van der Waals surface area contributed by atoms with Crippen LogP contribution < -0.4 is 5.32 Å². The second-order valence-corrected chi connectivity index (χ2v) is 4.57. The number of carboxylic acids is 1. The van der Waals surface area contributed by atoms with Gasteiger partial charge in [0, 0.05) is 25.7 Å². The van der Waals surface area contributed by atoms with Crippen LogP contribution in [0.3, 0.4) is 0 Å². The standard InChI is InChI=1S/C12H18N4O3/c1-9(8-16-4-6-19-7-5-16)13-11-3-2-10(12(17)18)14-15-11/h2-3,9H,4-8H2,1H3,(H,13,15)(H,17,18). The molecule has 19 heavy (non-hydrogen) atoms. The van der Waals surface area contributed by atoms with Gasteiger partial charge in [0.15, 0.2) is 5.69 Å². The minimum absolute atomic E-state index is 0.0496. The van der Waals surface area contributed by atoms with Crippen molar-refractivity contribution in [2.24, 2.45) is 0 Å². The number of aromatic carboxylic acids is 1. The first-order valence-electron chi connectivity index (χ1n) is 6.29. The van der Waals surface area contributed by atoms with Crippen molar-refractivity contribution < 1.29 is 14.6 Å². The van der Waals surface area contributed by atoms with E-state index < -0.39 is 5.97 Å². The Morgan fingerprint density at radius 1 is 1.47 bits per heavy atom. The fourth-order valence-corrected chi connectivity index (χ4v) is 1.99. The molecule has 104 valence electrons. The molecule has 1 fully saturated rings. The molecular formula is C12H18N4O3. The zero-order chi connectivity index (χ0) is 13.7. The predicted molar refractivity (Wildman–Crippen MR) is 69.3 cm³/mol. The number of morpholine rings is 1. The lowest BCUT2D eigenvalue weighted by molar-refractivity contribution is 0.0368. The molecule has 0 saturated carbocycles. The van der Waals surface area contributed by atoms with Gasteiger partial charge in [-0.05, 0) is 19.1 Å². The Labute approximate surface area is 111 Å². The van der Waals surface area contributed by atoms with E-state index in [2.05, 4.69) is 27.3 Å². The summed E-state index contributed by atoms with van der Waals surface area (Å²) < 4.78 is 5.30. The minimum Gasteiger partial charge on any atom is -0.476 e. The van der Waals surface area contributed by atoms with Crippen molar-refractivity contribution in [1.29, 1.82) is 0 Å². The molecule has 0 aromatic carbocycles. The fourth-order valence-electron chi connectivity index (χ4n) is 1.99. The number of ether oxygens (including phenoxy) is 1. The first-order valence-corrected chi connectivity index (χ1v) is 6.29. The van der Waals surface area contributed by atoms with Gasteiger partial charge >= 0.3 is 5.97 Å². The Morgan fingerprint density at radius 3 is 2.79 bits per heavy atom. The van der Waals surface area contributed by atoms with E-state index in [-0.39, 0.29) is 11.7 Å². The summed E-state index contributed by atoms with van der Waals surface area (Å²) in [6.45, 7) is 6.39. The van der Waals surface area contributed by atoms with E-state index in [0.717, 1.165) is 32.8 Å². The van der Waals surface area contributed by atoms with Crippen LogP contribution in [0.5, 0.6) is 0 Å². The van der Waals surface area contributed by atoms with Crippen LogP contribution in [0.15, 0.2) is 12.1 Å². The van der Waals surface area contributed by atoms with Gasteiger partial charge in [-0.2, -0.15) is 0 Å². The van der Waals surface area contributed by atoms with Crippen molar-refractivity contribution in [2.75, 3.05) is 38.2 Å². The number of aromatic nitrogens is 2. The van der Waals surface area contributed by atoms with Crippen LogP contribution in [-0.4, -0.2) is 65.1 Å². The number of rotatable bonds is 5. The lowest BCUT2D eigenvalue weighted by atomic mass is 10.3. The highest BCUT2D eigenvalue weighted by atomic mass is 16.5. The Balaban J connectivity index is 1.83. The third kappa shape index (κ3) is 4.15. The van der Waals surface area contributed by atoms with Gasteiger partial charge in [-0.3, -0.25) is 4.90 Å². The van der Waals surface area contributed by atoms with E-state index in [1.165, 1.54) is 6.07 Å². The molecule has 1 saturated heterocycles. The van der Waals surface area contributed by atoms with Crippen molar-refractivity contribution in [1.82, 2.24) is 15.1 Å². The van der Waals surface area contributed by atoms with Crippen LogP contribution >= 0.6 is 0 Å². The van der Waals surface area contributed by atoms with E-state index in [9.17, 15) is 4.79 Å². The number of carbonyl (C=O) groups is 1. The highest BCUT2D eigenvalue weighted by molar-refractivity contribution is 5.85. The van der Waals surface area contributed by atoms with Gasteiger partial charge in [0.05, 0.1) is 13.2 Å². The summed E-state index contributed by atoms with van der Waals surface area (Å²) in [6, 6.07) is 3.29. The van der Waals surface area contributed by atoms with Crippen LogP contribution in [0, 0.1) is 0 Å². The summed E-state index contributed by atoms with van der Waals surface area (Å²) >= 11 is 0. The summed E-state index contributed by atoms with van der Waals surface area (Å²) in [6.07, 6.45) is 0. The van der Waals surface area contributed by atoms with Crippen molar-refractivity contribution in [3.63, 3.8) is 0 Å². The van der Waals surface area contributed by atoms with Crippen LogP contribution in [0.4, 0.5) is 5.82 Å². The maximum absolute atomic E-state index is 10.7. The predicted octanol–water partition coefficient (Wildman–Crippen LogP) is 0.307. The zero-order valence-electron chi connectivity index (χ0n) is 10.9. The molecule has 2 heterocycles. The highest BCUT2D eigenvalue weighted by Gasteiger charge is 2.14. The number of hydrogen-bond donors (Lipinski definition) is 2. The maximum Gasteiger partial charge on any atom is 0.356 e. The van der Waals surface area contributed by atoms with Gasteiger partial charge in [0.2, 0.25) is 0 Å². The lowest BCUT2D eigenvalue weighted by Crippen LogP contribution is -2.42. The zero-order valence-corrected chi connectivity index (χ0v) is 10.9. The van der Waals surface area contributed by atoms with E-state index in [4.69, 9.17) is 9.84 Å². The molecule has 1 unspecified atom stereocenters. The number of nitrogens with zero attached hydrogens (tertiary/aromatic N) is 3. The Morgan fingerprint density at radius 2 is 2.21 bits per heavy atom. The third-order valence-corrected chi connectivity index (χ3v) is 2.91. The largest absolute Gasteiger partial charge is 0.476 e. The molecular weight excluding hydrogens is 248 g/mol. The Bertz CT molecular complexity index is 417. The van der Waals surface area contributed by atoms with Crippen molar-refractivity contribution in [3.8, 4) is 0 Å². The molecule has 0 amide bonds. The number of anilines is 1. The van der Waals surface area contributed by atoms with Crippen LogP contribution in [0.2, 0.25) is 0 Å². The molecule has 0 aliphatic carbocycles. The molecule has 2 N–H and O–H groups in total. The van der Waals surface area contributed by atoms with Crippen LogP contribution in [0.25, 0.3) is 0 Å². The van der Waals surface area contributed by atoms with Crippen molar-refractivity contribution >= 4 is 11.8 Å². The van der Waals surface area contributed by atoms with Gasteiger partial charge in [0.1, 0.15) is 5.82 Å². The molecule has 7 heteroatoms. The minimum atomic E-state index is -1.07. The molecule has 0 spiro atoms. The van der Waals surface area contributed by atoms with Crippen LogP contribution in [0.1, 0.15) is 17.4 Å². The highest BCUT2D eigenvalue weighted by Crippen LogP contribution is 2.06. The summed E-state index contributed by atoms with van der Waals surface area (Å²) in [7, 11) is 0.